The molecule has 2 saturated carbocycles. The fourth-order valence-corrected chi connectivity index (χ4v) is 4.00. The van der Waals surface area contributed by atoms with Crippen molar-refractivity contribution in [3.63, 3.8) is 0 Å². The summed E-state index contributed by atoms with van der Waals surface area (Å²) >= 11 is 0. The van der Waals surface area contributed by atoms with Crippen LogP contribution in [0.25, 0.3) is 0 Å². The Hall–Kier alpha value is -0.920. The molecule has 3 rings (SSSR count). The number of nitrogens with zero attached hydrogens (tertiary/aromatic N) is 2. The quantitative estimate of drug-likeness (QED) is 0.794. The van der Waals surface area contributed by atoms with E-state index in [0.29, 0.717) is 31.0 Å². The third-order valence-corrected chi connectivity index (χ3v) is 6.40. The zero-order valence-electron chi connectivity index (χ0n) is 12.9. The van der Waals surface area contributed by atoms with Crippen LogP contribution in [0.4, 0.5) is 0 Å². The van der Waals surface area contributed by atoms with Gasteiger partial charge in [0.2, 0.25) is 0 Å². The Morgan fingerprint density at radius 1 is 1.43 bits per heavy atom. The zero-order chi connectivity index (χ0) is 15.2. The molecular weight excluding hydrogens is 288 g/mol. The van der Waals surface area contributed by atoms with Gasteiger partial charge in [-0.2, -0.15) is 9.40 Å². The summed E-state index contributed by atoms with van der Waals surface area (Å²) in [4.78, 5) is 0. The molecule has 0 aromatic carbocycles. The smallest absolute Gasteiger partial charge is 0.262 e. The largest absolute Gasteiger partial charge is 0.310 e. The van der Waals surface area contributed by atoms with Crippen LogP contribution in [-0.4, -0.2) is 42.6 Å². The van der Waals surface area contributed by atoms with Gasteiger partial charge < -0.3 is 5.32 Å². The van der Waals surface area contributed by atoms with Crippen molar-refractivity contribution in [1.29, 1.82) is 0 Å². The van der Waals surface area contributed by atoms with Gasteiger partial charge in [0.1, 0.15) is 0 Å². The number of aromatic amines is 1. The van der Waals surface area contributed by atoms with E-state index in [2.05, 4.69) is 22.4 Å². The molecule has 2 fully saturated rings. The maximum atomic E-state index is 12.7. The number of rotatable bonds is 7. The highest BCUT2D eigenvalue weighted by atomic mass is 32.2. The molecule has 1 heterocycles. The molecule has 0 radical (unpaired) electrons. The van der Waals surface area contributed by atoms with Gasteiger partial charge in [0.15, 0.2) is 5.03 Å². The van der Waals surface area contributed by atoms with Crippen LogP contribution in [0, 0.1) is 18.8 Å². The zero-order valence-corrected chi connectivity index (χ0v) is 13.7. The van der Waals surface area contributed by atoms with Crippen LogP contribution in [0.3, 0.4) is 0 Å². The van der Waals surface area contributed by atoms with Crippen LogP contribution in [0.5, 0.6) is 0 Å². The van der Waals surface area contributed by atoms with Gasteiger partial charge in [-0.1, -0.05) is 6.92 Å². The van der Waals surface area contributed by atoms with Gasteiger partial charge in [-0.25, -0.2) is 8.42 Å². The molecule has 2 aliphatic rings. The average Bonchev–Trinajstić information content (AvgIpc) is 3.32. The Morgan fingerprint density at radius 2 is 2.10 bits per heavy atom. The number of aromatic nitrogens is 2. The van der Waals surface area contributed by atoms with Crippen molar-refractivity contribution < 1.29 is 8.42 Å². The summed E-state index contributed by atoms with van der Waals surface area (Å²) in [5, 5.41) is 10.4. The highest BCUT2D eigenvalue weighted by Gasteiger charge is 2.37. The van der Waals surface area contributed by atoms with Gasteiger partial charge in [0, 0.05) is 37.4 Å². The van der Waals surface area contributed by atoms with Crippen LogP contribution >= 0.6 is 0 Å². The minimum absolute atomic E-state index is 0.184. The van der Waals surface area contributed by atoms with Gasteiger partial charge in [0.05, 0.1) is 0 Å². The van der Waals surface area contributed by atoms with Gasteiger partial charge in [0.25, 0.3) is 10.0 Å². The Balaban J connectivity index is 1.76. The first-order chi connectivity index (χ1) is 9.89. The molecule has 1 aromatic heterocycles. The van der Waals surface area contributed by atoms with E-state index >= 15 is 0 Å². The molecule has 0 aliphatic heterocycles. The molecule has 0 bridgehead atoms. The lowest BCUT2D eigenvalue weighted by Gasteiger charge is -2.16. The van der Waals surface area contributed by atoms with E-state index in [1.807, 2.05) is 6.92 Å². The van der Waals surface area contributed by atoms with E-state index in [9.17, 15) is 8.42 Å². The molecule has 7 heteroatoms. The molecule has 2 atom stereocenters. The number of hydrogen-bond donors (Lipinski definition) is 2. The van der Waals surface area contributed by atoms with Gasteiger partial charge >= 0.3 is 0 Å². The minimum atomic E-state index is -3.50. The van der Waals surface area contributed by atoms with Gasteiger partial charge in [-0.3, -0.25) is 5.10 Å². The average molecular weight is 312 g/mol. The summed E-state index contributed by atoms with van der Waals surface area (Å²) in [5.74, 6) is 1.14. The molecule has 0 spiro atoms. The van der Waals surface area contributed by atoms with E-state index in [4.69, 9.17) is 0 Å². The third kappa shape index (κ3) is 3.14. The summed E-state index contributed by atoms with van der Waals surface area (Å²) in [7, 11) is -1.85. The van der Waals surface area contributed by atoms with Crippen molar-refractivity contribution in [3.8, 4) is 0 Å². The molecule has 0 amide bonds. The Kier molecular flexibility index (Phi) is 3.83. The van der Waals surface area contributed by atoms with E-state index < -0.39 is 10.0 Å². The van der Waals surface area contributed by atoms with Crippen molar-refractivity contribution in [2.45, 2.75) is 50.7 Å². The van der Waals surface area contributed by atoms with E-state index in [1.165, 1.54) is 17.1 Å². The van der Waals surface area contributed by atoms with Crippen molar-refractivity contribution in [3.05, 3.63) is 11.3 Å². The summed E-state index contributed by atoms with van der Waals surface area (Å²) < 4.78 is 26.9. The van der Waals surface area contributed by atoms with Crippen LogP contribution in [0.2, 0.25) is 0 Å². The van der Waals surface area contributed by atoms with Gasteiger partial charge in [-0.05, 0) is 38.0 Å². The maximum Gasteiger partial charge on any atom is 0.262 e. The van der Waals surface area contributed by atoms with E-state index in [-0.39, 0.29) is 5.03 Å². The Labute approximate surface area is 126 Å². The second kappa shape index (κ2) is 5.37. The topological polar surface area (TPSA) is 78.1 Å². The molecule has 6 nitrogen and oxygen atoms in total. The van der Waals surface area contributed by atoms with Gasteiger partial charge in [-0.15, -0.1) is 0 Å². The molecule has 118 valence electrons. The normalized spacial score (nSPS) is 25.5. The lowest BCUT2D eigenvalue weighted by Crippen LogP contribution is -2.31. The molecule has 1 aromatic rings. The van der Waals surface area contributed by atoms with Crippen molar-refractivity contribution in [2.75, 3.05) is 13.6 Å². The summed E-state index contributed by atoms with van der Waals surface area (Å²) in [6.07, 6.45) is 3.48. The van der Waals surface area contributed by atoms with E-state index in [0.717, 1.165) is 17.7 Å². The second-order valence-electron chi connectivity index (χ2n) is 6.55. The summed E-state index contributed by atoms with van der Waals surface area (Å²) in [6, 6.07) is 0.542. The van der Waals surface area contributed by atoms with Crippen LogP contribution in [-0.2, 0) is 16.6 Å². The predicted octanol–water partition coefficient (Wildman–Crippen LogP) is 1.25. The molecule has 2 N–H and O–H groups in total. The van der Waals surface area contributed by atoms with E-state index in [1.54, 1.807) is 7.05 Å². The molecular formula is C14H24N4O2S. The fourth-order valence-electron chi connectivity index (χ4n) is 2.61. The highest BCUT2D eigenvalue weighted by Crippen LogP contribution is 2.38. The standard InChI is InChI=1S/C14H24N4O2S/c1-9-6-11(9)8-18(3)21(19,20)14-13(10(2)16-17-14)7-15-12-4-5-12/h9,11-12,15H,4-8H2,1-3H3,(H,16,17). The number of aryl methyl sites for hydroxylation is 1. The first kappa shape index (κ1) is 15.0. The molecule has 21 heavy (non-hydrogen) atoms. The van der Waals surface area contributed by atoms with Crippen molar-refractivity contribution in [1.82, 2.24) is 19.8 Å². The number of hydrogen-bond acceptors (Lipinski definition) is 4. The predicted molar refractivity (Wildman–Crippen MR) is 80.3 cm³/mol. The summed E-state index contributed by atoms with van der Waals surface area (Å²) in [5.41, 5.74) is 1.60. The SMILES string of the molecule is Cc1[nH]nc(S(=O)(=O)N(C)CC2CC2C)c1CNC1CC1. The van der Waals surface area contributed by atoms with Crippen LogP contribution in [0.15, 0.2) is 5.03 Å². The first-order valence-corrected chi connectivity index (χ1v) is 9.07. The number of nitrogens with one attached hydrogen (secondary N) is 2. The Bertz CT molecular complexity index is 621. The monoisotopic (exact) mass is 312 g/mol. The number of H-pyrrole nitrogens is 1. The molecule has 2 unspecified atom stereocenters. The number of sulfonamides is 1. The van der Waals surface area contributed by atoms with Crippen LogP contribution < -0.4 is 5.32 Å². The highest BCUT2D eigenvalue weighted by molar-refractivity contribution is 7.89. The molecule has 0 saturated heterocycles. The Morgan fingerprint density at radius 3 is 2.67 bits per heavy atom. The van der Waals surface area contributed by atoms with Crippen molar-refractivity contribution in [2.24, 2.45) is 11.8 Å². The lowest BCUT2D eigenvalue weighted by atomic mass is 10.2. The summed E-state index contributed by atoms with van der Waals surface area (Å²) in [6.45, 7) is 5.19. The second-order valence-corrected chi connectivity index (χ2v) is 8.51. The minimum Gasteiger partial charge on any atom is -0.310 e. The fraction of sp³-hybridized carbons (Fsp3) is 0.786. The maximum absolute atomic E-state index is 12.7. The lowest BCUT2D eigenvalue weighted by molar-refractivity contribution is 0.441. The first-order valence-electron chi connectivity index (χ1n) is 7.63. The third-order valence-electron chi connectivity index (χ3n) is 4.60. The van der Waals surface area contributed by atoms with Crippen molar-refractivity contribution >= 4 is 10.0 Å². The van der Waals surface area contributed by atoms with Crippen LogP contribution in [0.1, 0.15) is 37.4 Å². The molecule has 2 aliphatic carbocycles.